The molecule has 40 heavy (non-hydrogen) atoms. The van der Waals surface area contributed by atoms with E-state index in [1.165, 1.54) is 77.0 Å². The minimum Gasteiger partial charge on any atom is -0.481 e. The Morgan fingerprint density at radius 2 is 0.775 bits per heavy atom. The van der Waals surface area contributed by atoms with Crippen molar-refractivity contribution >= 4 is 11.9 Å². The van der Waals surface area contributed by atoms with E-state index in [2.05, 4.69) is 6.92 Å². The lowest BCUT2D eigenvalue weighted by Crippen LogP contribution is -2.15. The van der Waals surface area contributed by atoms with Gasteiger partial charge >= 0.3 is 11.9 Å². The number of esters is 1. The number of hydrogen-bond donors (Lipinski definition) is 1. The first-order chi connectivity index (χ1) is 19.7. The lowest BCUT2D eigenvalue weighted by molar-refractivity contribution is -0.146. The highest BCUT2D eigenvalue weighted by atomic mass is 16.6. The number of carboxylic acids is 1. The molecule has 0 saturated carbocycles. The number of carbonyl (C=O) groups is 2. The van der Waals surface area contributed by atoms with Gasteiger partial charge in [-0.3, -0.25) is 9.59 Å². The highest BCUT2D eigenvalue weighted by Crippen LogP contribution is 2.12. The summed E-state index contributed by atoms with van der Waals surface area (Å²) in [5.74, 6) is -1.18. The molecule has 0 aliphatic rings. The van der Waals surface area contributed by atoms with Gasteiger partial charge in [-0.25, -0.2) is 0 Å². The van der Waals surface area contributed by atoms with Crippen molar-refractivity contribution in [3.63, 3.8) is 0 Å². The first-order valence-electron chi connectivity index (χ1n) is 15.9. The number of carboxylic acid groups (broad SMARTS) is 1. The number of rotatable bonds is 34. The maximum absolute atomic E-state index is 11.5. The molecule has 0 aliphatic heterocycles. The average Bonchev–Trinajstić information content (AvgIpc) is 2.94. The van der Waals surface area contributed by atoms with Crippen molar-refractivity contribution in [2.24, 2.45) is 0 Å². The van der Waals surface area contributed by atoms with Crippen molar-refractivity contribution in [3.8, 4) is 0 Å². The summed E-state index contributed by atoms with van der Waals surface area (Å²) in [6.07, 6.45) is 19.0. The maximum atomic E-state index is 11.5. The highest BCUT2D eigenvalue weighted by Gasteiger charge is 2.04. The predicted molar refractivity (Wildman–Crippen MR) is 157 cm³/mol. The molecule has 0 saturated heterocycles. The first-order valence-corrected chi connectivity index (χ1v) is 15.9. The summed E-state index contributed by atoms with van der Waals surface area (Å²) in [6.45, 7) is 7.72. The molecule has 0 atom stereocenters. The van der Waals surface area contributed by atoms with Gasteiger partial charge < -0.3 is 33.5 Å². The molecule has 0 heterocycles. The van der Waals surface area contributed by atoms with Gasteiger partial charge in [0.1, 0.15) is 6.61 Å². The van der Waals surface area contributed by atoms with E-state index in [0.29, 0.717) is 72.3 Å². The van der Waals surface area contributed by atoms with Crippen molar-refractivity contribution in [2.75, 3.05) is 72.7 Å². The van der Waals surface area contributed by atoms with E-state index < -0.39 is 5.97 Å². The van der Waals surface area contributed by atoms with Crippen LogP contribution in [0.1, 0.15) is 116 Å². The molecule has 0 aromatic carbocycles. The van der Waals surface area contributed by atoms with E-state index in [9.17, 15) is 9.59 Å². The van der Waals surface area contributed by atoms with Crippen molar-refractivity contribution in [1.82, 2.24) is 0 Å². The smallest absolute Gasteiger partial charge is 0.305 e. The minimum absolute atomic E-state index is 0.0737. The molecule has 0 aliphatic carbocycles. The molecule has 9 heteroatoms. The summed E-state index contributed by atoms with van der Waals surface area (Å²) in [5, 5.41) is 8.54. The lowest BCUT2D eigenvalue weighted by atomic mass is 10.0. The van der Waals surface area contributed by atoms with Crippen LogP contribution in [-0.2, 0) is 38.0 Å². The first kappa shape index (κ1) is 38.7. The van der Waals surface area contributed by atoms with E-state index in [-0.39, 0.29) is 25.4 Å². The van der Waals surface area contributed by atoms with Crippen LogP contribution in [0.5, 0.6) is 0 Å². The topological polar surface area (TPSA) is 110 Å². The van der Waals surface area contributed by atoms with Crippen LogP contribution in [-0.4, -0.2) is 89.7 Å². The van der Waals surface area contributed by atoms with Gasteiger partial charge in [0.25, 0.3) is 0 Å². The summed E-state index contributed by atoms with van der Waals surface area (Å²) in [4.78, 5) is 21.9. The van der Waals surface area contributed by atoms with Gasteiger partial charge in [-0.05, 0) is 19.3 Å². The maximum Gasteiger partial charge on any atom is 0.305 e. The van der Waals surface area contributed by atoms with E-state index in [4.69, 9.17) is 33.5 Å². The third-order valence-electron chi connectivity index (χ3n) is 6.39. The van der Waals surface area contributed by atoms with Gasteiger partial charge in [-0.15, -0.1) is 0 Å². The average molecular weight is 577 g/mol. The van der Waals surface area contributed by atoms with Gasteiger partial charge in [0.05, 0.1) is 59.5 Å². The molecule has 0 spiro atoms. The summed E-state index contributed by atoms with van der Waals surface area (Å²) >= 11 is 0. The van der Waals surface area contributed by atoms with E-state index >= 15 is 0 Å². The van der Waals surface area contributed by atoms with Crippen LogP contribution in [0.2, 0.25) is 0 Å². The summed E-state index contributed by atoms with van der Waals surface area (Å²) in [7, 11) is 0. The molecule has 0 amide bonds. The second-order valence-corrected chi connectivity index (χ2v) is 10.1. The second-order valence-electron chi connectivity index (χ2n) is 10.1. The van der Waals surface area contributed by atoms with Crippen molar-refractivity contribution in [3.05, 3.63) is 0 Å². The lowest BCUT2D eigenvalue weighted by Gasteiger charge is -2.08. The molecule has 0 aromatic heterocycles. The molecule has 0 fully saturated rings. The zero-order valence-electron chi connectivity index (χ0n) is 25.5. The van der Waals surface area contributed by atoms with Gasteiger partial charge in [0, 0.05) is 19.4 Å². The molecule has 0 rings (SSSR count). The van der Waals surface area contributed by atoms with Crippen LogP contribution in [0, 0.1) is 0 Å². The number of unbranched alkanes of at least 4 members (excludes halogenated alkanes) is 13. The van der Waals surface area contributed by atoms with Gasteiger partial charge in [0.2, 0.25) is 0 Å². The second kappa shape index (κ2) is 33.9. The van der Waals surface area contributed by atoms with Gasteiger partial charge in [-0.2, -0.15) is 0 Å². The highest BCUT2D eigenvalue weighted by molar-refractivity contribution is 5.69. The fourth-order valence-corrected chi connectivity index (χ4v) is 4.04. The number of aliphatic carboxylic acids is 1. The zero-order valence-corrected chi connectivity index (χ0v) is 25.5. The molecule has 0 unspecified atom stereocenters. The van der Waals surface area contributed by atoms with Crippen LogP contribution in [0.3, 0.4) is 0 Å². The Labute approximate surface area is 243 Å². The van der Waals surface area contributed by atoms with Crippen molar-refractivity contribution in [2.45, 2.75) is 116 Å². The zero-order chi connectivity index (χ0) is 29.2. The van der Waals surface area contributed by atoms with Gasteiger partial charge in [-0.1, -0.05) is 84.0 Å². The molecule has 0 bridgehead atoms. The summed E-state index contributed by atoms with van der Waals surface area (Å²) in [6, 6.07) is 0. The molecule has 1 N–H and O–H groups in total. The number of ether oxygens (including phenoxy) is 6. The Kier molecular flexibility index (Phi) is 32.9. The summed E-state index contributed by atoms with van der Waals surface area (Å²) in [5.41, 5.74) is 0. The quantitative estimate of drug-likeness (QED) is 0.0692. The van der Waals surface area contributed by atoms with E-state index in [0.717, 1.165) is 13.0 Å². The van der Waals surface area contributed by atoms with Crippen molar-refractivity contribution < 1.29 is 43.1 Å². The Hall–Kier alpha value is -1.26. The van der Waals surface area contributed by atoms with E-state index in [1.807, 2.05) is 0 Å². The molecule has 0 aromatic rings. The Morgan fingerprint density at radius 3 is 1.20 bits per heavy atom. The number of carbonyl (C=O) groups excluding carboxylic acids is 1. The Balaban J connectivity index is 3.09. The predicted octanol–water partition coefficient (Wildman–Crippen LogP) is 6.35. The molecule has 238 valence electrons. The fraction of sp³-hybridized carbons (Fsp3) is 0.935. The Morgan fingerprint density at radius 1 is 0.425 bits per heavy atom. The standard InChI is InChI=1S/C31H60O9/c1-2-3-4-5-6-7-8-9-10-11-12-13-16-19-35-20-21-36-22-23-37-24-25-38-26-27-39-28-29-40-31(34)18-15-14-17-30(32)33/h2-29H2,1H3,(H,32,33). The Bertz CT molecular complexity index is 531. The van der Waals surface area contributed by atoms with Crippen LogP contribution in [0.4, 0.5) is 0 Å². The fourth-order valence-electron chi connectivity index (χ4n) is 4.04. The molecular formula is C31H60O9. The minimum atomic E-state index is -0.851. The largest absolute Gasteiger partial charge is 0.481 e. The summed E-state index contributed by atoms with van der Waals surface area (Å²) < 4.78 is 32.4. The third-order valence-corrected chi connectivity index (χ3v) is 6.39. The molecule has 0 radical (unpaired) electrons. The normalized spacial score (nSPS) is 11.2. The van der Waals surface area contributed by atoms with Gasteiger partial charge in [0.15, 0.2) is 0 Å². The van der Waals surface area contributed by atoms with Crippen LogP contribution in [0.15, 0.2) is 0 Å². The van der Waals surface area contributed by atoms with Crippen molar-refractivity contribution in [1.29, 1.82) is 0 Å². The SMILES string of the molecule is CCCCCCCCCCCCCCCOCCOCCOCCOCCOCCOC(=O)CCCCC(=O)O. The van der Waals surface area contributed by atoms with E-state index in [1.54, 1.807) is 0 Å². The molecular weight excluding hydrogens is 516 g/mol. The van der Waals surface area contributed by atoms with Crippen LogP contribution in [0.25, 0.3) is 0 Å². The van der Waals surface area contributed by atoms with Crippen LogP contribution < -0.4 is 0 Å². The molecule has 9 nitrogen and oxygen atoms in total. The number of hydrogen-bond acceptors (Lipinski definition) is 8. The third kappa shape index (κ3) is 34.8. The van der Waals surface area contributed by atoms with Crippen LogP contribution >= 0.6 is 0 Å². The monoisotopic (exact) mass is 576 g/mol.